The molecule has 0 spiro atoms. The summed E-state index contributed by atoms with van der Waals surface area (Å²) in [6.07, 6.45) is 3.12. The third-order valence-electron chi connectivity index (χ3n) is 4.36. The number of ether oxygens (including phenoxy) is 1. The van der Waals surface area contributed by atoms with Crippen molar-refractivity contribution >= 4 is 5.91 Å². The minimum Gasteiger partial charge on any atom is -0.494 e. The van der Waals surface area contributed by atoms with Crippen molar-refractivity contribution in [1.82, 2.24) is 20.4 Å². The number of carbonyl (C=O) groups excluding carboxylic acids is 1. The molecule has 1 aliphatic heterocycles. The van der Waals surface area contributed by atoms with Gasteiger partial charge < -0.3 is 15.4 Å². The number of rotatable bonds is 6. The van der Waals surface area contributed by atoms with Gasteiger partial charge in [-0.3, -0.25) is 9.48 Å². The highest BCUT2D eigenvalue weighted by atomic mass is 16.5. The maximum atomic E-state index is 11.8. The Bertz CT molecular complexity index is 698. The van der Waals surface area contributed by atoms with Crippen molar-refractivity contribution in [2.45, 2.75) is 38.4 Å². The first-order chi connectivity index (χ1) is 11.7. The van der Waals surface area contributed by atoms with Gasteiger partial charge in [0.25, 0.3) is 0 Å². The van der Waals surface area contributed by atoms with Gasteiger partial charge in [0.1, 0.15) is 5.75 Å². The Hall–Kier alpha value is -2.34. The number of hydrogen-bond acceptors (Lipinski definition) is 4. The number of aromatic nitrogens is 2. The summed E-state index contributed by atoms with van der Waals surface area (Å²) in [6, 6.07) is 10.2. The lowest BCUT2D eigenvalue weighted by atomic mass is 9.95. The summed E-state index contributed by atoms with van der Waals surface area (Å²) in [6.45, 7) is 3.37. The van der Waals surface area contributed by atoms with Crippen molar-refractivity contribution in [3.8, 4) is 5.75 Å². The molecule has 0 radical (unpaired) electrons. The average molecular weight is 328 g/mol. The lowest BCUT2D eigenvalue weighted by Crippen LogP contribution is -2.48. The topological polar surface area (TPSA) is 68.2 Å². The number of nitrogens with zero attached hydrogens (tertiary/aromatic N) is 2. The first-order valence-corrected chi connectivity index (χ1v) is 8.39. The average Bonchev–Trinajstić information content (AvgIpc) is 3.00. The van der Waals surface area contributed by atoms with Crippen LogP contribution < -0.4 is 15.4 Å². The third-order valence-corrected chi connectivity index (χ3v) is 4.36. The molecule has 0 unspecified atom stereocenters. The maximum Gasteiger partial charge on any atom is 0.220 e. The van der Waals surface area contributed by atoms with E-state index in [1.165, 1.54) is 5.56 Å². The van der Waals surface area contributed by atoms with Crippen LogP contribution in [0.2, 0.25) is 0 Å². The van der Waals surface area contributed by atoms with Gasteiger partial charge in [-0.1, -0.05) is 12.1 Å². The van der Waals surface area contributed by atoms with Crippen LogP contribution in [0, 0.1) is 0 Å². The van der Waals surface area contributed by atoms with Gasteiger partial charge in [0.05, 0.1) is 18.3 Å². The van der Waals surface area contributed by atoms with Crippen molar-refractivity contribution in [3.05, 3.63) is 47.8 Å². The second-order valence-corrected chi connectivity index (χ2v) is 6.03. The Kier molecular flexibility index (Phi) is 5.15. The molecule has 0 bridgehead atoms. The molecule has 1 saturated heterocycles. The van der Waals surface area contributed by atoms with Gasteiger partial charge in [-0.15, -0.1) is 0 Å². The summed E-state index contributed by atoms with van der Waals surface area (Å²) in [4.78, 5) is 11.8. The van der Waals surface area contributed by atoms with E-state index in [1.54, 1.807) is 6.20 Å². The molecule has 2 N–H and O–H groups in total. The molecule has 1 aliphatic rings. The fraction of sp³-hybridized carbons (Fsp3) is 0.444. The van der Waals surface area contributed by atoms with E-state index in [0.717, 1.165) is 24.4 Å². The Labute approximate surface area is 142 Å². The molecule has 0 saturated carbocycles. The predicted molar refractivity (Wildman–Crippen MR) is 91.6 cm³/mol. The minimum atomic E-state index is -0.0613. The summed E-state index contributed by atoms with van der Waals surface area (Å²) in [7, 11) is 1.90. The number of aryl methyl sites for hydroxylation is 1. The molecule has 6 heteroatoms. The predicted octanol–water partition coefficient (Wildman–Crippen LogP) is 1.93. The quantitative estimate of drug-likeness (QED) is 0.850. The molecule has 6 nitrogen and oxygen atoms in total. The van der Waals surface area contributed by atoms with Gasteiger partial charge in [-0.2, -0.15) is 5.10 Å². The monoisotopic (exact) mass is 328 g/mol. The van der Waals surface area contributed by atoms with Crippen LogP contribution in [0.25, 0.3) is 0 Å². The minimum absolute atomic E-state index is 0.0613. The van der Waals surface area contributed by atoms with Crippen LogP contribution >= 0.6 is 0 Å². The number of nitrogens with one attached hydrogen (secondary N) is 2. The van der Waals surface area contributed by atoms with Crippen molar-refractivity contribution in [2.24, 2.45) is 7.05 Å². The van der Waals surface area contributed by atoms with E-state index in [-0.39, 0.29) is 18.0 Å². The number of hydrogen-bond donors (Lipinski definition) is 2. The van der Waals surface area contributed by atoms with Gasteiger partial charge in [-0.25, -0.2) is 0 Å². The highest BCUT2D eigenvalue weighted by Crippen LogP contribution is 2.24. The van der Waals surface area contributed by atoms with Crippen LogP contribution in [0.5, 0.6) is 5.75 Å². The summed E-state index contributed by atoms with van der Waals surface area (Å²) in [5.41, 5.74) is 2.19. The smallest absolute Gasteiger partial charge is 0.220 e. The Balaban J connectivity index is 1.69. The zero-order chi connectivity index (χ0) is 16.9. The first kappa shape index (κ1) is 16.5. The fourth-order valence-corrected chi connectivity index (χ4v) is 3.15. The highest BCUT2D eigenvalue weighted by Gasteiger charge is 2.31. The van der Waals surface area contributed by atoms with Crippen LogP contribution in [0.15, 0.2) is 36.5 Å². The summed E-state index contributed by atoms with van der Waals surface area (Å²) in [5, 5.41) is 10.9. The van der Waals surface area contributed by atoms with Gasteiger partial charge in [0.15, 0.2) is 0 Å². The Morgan fingerprint density at radius 2 is 2.29 bits per heavy atom. The second kappa shape index (κ2) is 7.49. The summed E-state index contributed by atoms with van der Waals surface area (Å²) < 4.78 is 7.37. The number of carbonyl (C=O) groups is 1. The Morgan fingerprint density at radius 1 is 1.42 bits per heavy atom. The van der Waals surface area contributed by atoms with Crippen LogP contribution in [0.3, 0.4) is 0 Å². The molecule has 24 heavy (non-hydrogen) atoms. The molecule has 2 atom stereocenters. The van der Waals surface area contributed by atoms with E-state index in [2.05, 4.69) is 27.9 Å². The van der Waals surface area contributed by atoms with Gasteiger partial charge in [0, 0.05) is 32.3 Å². The van der Waals surface area contributed by atoms with Gasteiger partial charge >= 0.3 is 0 Å². The van der Waals surface area contributed by atoms with E-state index in [9.17, 15) is 4.79 Å². The number of amides is 1. The molecule has 2 heterocycles. The molecule has 128 valence electrons. The molecule has 1 aromatic carbocycles. The molecule has 0 aliphatic carbocycles. The highest BCUT2D eigenvalue weighted by molar-refractivity contribution is 5.77. The standard InChI is InChI=1S/C18H24N4O2/c1-3-24-14-6-4-5-13(11-14)12-19-15-7-8-17(23)21-18(15)16-9-10-20-22(16)2/h4-6,9-11,15,18-19H,3,7-8,12H2,1-2H3,(H,21,23)/t15-,18-/m1/s1. The second-order valence-electron chi connectivity index (χ2n) is 6.03. The molecule has 1 aromatic heterocycles. The van der Waals surface area contributed by atoms with Crippen molar-refractivity contribution in [2.75, 3.05) is 6.61 Å². The molecule has 1 fully saturated rings. The normalized spacial score (nSPS) is 20.7. The van der Waals surface area contributed by atoms with Crippen molar-refractivity contribution in [1.29, 1.82) is 0 Å². The van der Waals surface area contributed by atoms with E-state index in [1.807, 2.05) is 36.9 Å². The molecule has 2 aromatic rings. The number of benzene rings is 1. The van der Waals surface area contributed by atoms with Crippen LogP contribution in [0.4, 0.5) is 0 Å². The Morgan fingerprint density at radius 3 is 3.04 bits per heavy atom. The van der Waals surface area contributed by atoms with E-state index >= 15 is 0 Å². The lowest BCUT2D eigenvalue weighted by molar-refractivity contribution is -0.124. The van der Waals surface area contributed by atoms with Crippen LogP contribution in [-0.2, 0) is 18.4 Å². The van der Waals surface area contributed by atoms with E-state index in [0.29, 0.717) is 13.0 Å². The molecule has 1 amide bonds. The molecule has 3 rings (SSSR count). The first-order valence-electron chi connectivity index (χ1n) is 8.39. The lowest BCUT2D eigenvalue weighted by Gasteiger charge is -2.33. The van der Waals surface area contributed by atoms with Crippen LogP contribution in [0.1, 0.15) is 37.1 Å². The van der Waals surface area contributed by atoms with Gasteiger partial charge in [-0.05, 0) is 37.1 Å². The summed E-state index contributed by atoms with van der Waals surface area (Å²) >= 11 is 0. The maximum absolute atomic E-state index is 11.8. The van der Waals surface area contributed by atoms with Gasteiger partial charge in [0.2, 0.25) is 5.91 Å². The third kappa shape index (κ3) is 3.76. The van der Waals surface area contributed by atoms with Crippen molar-refractivity contribution in [3.63, 3.8) is 0 Å². The SMILES string of the molecule is CCOc1cccc(CN[C@@H]2CCC(=O)N[C@H]2c2ccnn2C)c1. The zero-order valence-electron chi connectivity index (χ0n) is 14.2. The zero-order valence-corrected chi connectivity index (χ0v) is 14.2. The van der Waals surface area contributed by atoms with E-state index < -0.39 is 0 Å². The molecular weight excluding hydrogens is 304 g/mol. The molecular formula is C18H24N4O2. The largest absolute Gasteiger partial charge is 0.494 e. The number of piperidine rings is 1. The summed E-state index contributed by atoms with van der Waals surface area (Å²) in [5.74, 6) is 0.981. The van der Waals surface area contributed by atoms with Crippen molar-refractivity contribution < 1.29 is 9.53 Å². The fourth-order valence-electron chi connectivity index (χ4n) is 3.15. The van der Waals surface area contributed by atoms with Crippen LogP contribution in [-0.4, -0.2) is 28.3 Å². The van der Waals surface area contributed by atoms with E-state index in [4.69, 9.17) is 4.74 Å².